The zero-order valence-corrected chi connectivity index (χ0v) is 24.1. The lowest BCUT2D eigenvalue weighted by atomic mass is 9.99. The summed E-state index contributed by atoms with van der Waals surface area (Å²) in [5, 5.41) is 25.2. The number of alkyl halides is 3. The molecule has 39 heavy (non-hydrogen) atoms. The van der Waals surface area contributed by atoms with Crippen LogP contribution in [0.15, 0.2) is 17.3 Å². The predicted octanol–water partition coefficient (Wildman–Crippen LogP) is 3.12. The van der Waals surface area contributed by atoms with Crippen LogP contribution in [0, 0.1) is 0 Å². The van der Waals surface area contributed by atoms with E-state index in [-0.39, 0.29) is 24.1 Å². The molecule has 2 rings (SSSR count). The molecule has 0 bridgehead atoms. The minimum absolute atomic E-state index is 0.0122. The molecule has 1 unspecified atom stereocenters. The number of nitrogens with zero attached hydrogens (tertiary/aromatic N) is 3. The topological polar surface area (TPSA) is 127 Å². The molecule has 1 aliphatic heterocycles. The predicted molar refractivity (Wildman–Crippen MR) is 147 cm³/mol. The van der Waals surface area contributed by atoms with Crippen LogP contribution in [0.1, 0.15) is 72.4 Å². The number of likely N-dealkylation sites (tertiary alicyclic amines) is 1. The van der Waals surface area contributed by atoms with Crippen molar-refractivity contribution < 1.29 is 33.0 Å². The number of aliphatic imine (C=N–C) groups is 1. The van der Waals surface area contributed by atoms with E-state index in [2.05, 4.69) is 20.6 Å². The highest BCUT2D eigenvalue weighted by Crippen LogP contribution is 2.35. The van der Waals surface area contributed by atoms with Crippen molar-refractivity contribution in [3.63, 3.8) is 0 Å². The number of pyridine rings is 1. The fourth-order valence-corrected chi connectivity index (χ4v) is 4.27. The molecule has 0 spiro atoms. The largest absolute Gasteiger partial charge is 0.417 e. The Morgan fingerprint density at radius 1 is 1.26 bits per heavy atom. The number of carbonyl (C=O) groups excluding carboxylic acids is 2. The molecule has 1 aliphatic rings. The third kappa shape index (κ3) is 8.94. The van der Waals surface area contributed by atoms with E-state index in [1.807, 2.05) is 6.92 Å². The van der Waals surface area contributed by atoms with Crippen molar-refractivity contribution in [1.82, 2.24) is 15.2 Å². The molecular weight excluding hydrogens is 535 g/mol. The zero-order chi connectivity index (χ0) is 29.9. The quantitative estimate of drug-likeness (QED) is 0.203. The number of hydrogen-bond acceptors (Lipinski definition) is 8. The Hall–Kier alpha value is -2.64. The average molecular weight is 574 g/mol. The number of halogens is 3. The summed E-state index contributed by atoms with van der Waals surface area (Å²) in [6.07, 6.45) is -3.70. The minimum atomic E-state index is -4.81. The number of amides is 2. The first kappa shape index (κ1) is 32.6. The standard InChI is InChI=1S/C26H38F3N5O4S/c1-14-9-8-10-34(14)23(37)20(32-15(2)22(36)31-13-18(35)25(6,7)38)21(39)16-12-30-19(33-24(3,4)5)11-17(16)26(27,28)29/h11-12,14,18,20,35,38H,8-10,13H2,1-7H3,(H,30,33)(H,31,36)/b32-15+/t14-,18-,20?/m0/s1. The third-order valence-electron chi connectivity index (χ3n) is 6.22. The first-order valence-corrected chi connectivity index (χ1v) is 13.1. The molecule has 0 aromatic carbocycles. The molecule has 1 aromatic rings. The number of aliphatic hydroxyl groups excluding tert-OH is 1. The van der Waals surface area contributed by atoms with E-state index in [0.717, 1.165) is 12.3 Å². The summed E-state index contributed by atoms with van der Waals surface area (Å²) >= 11 is 5.44. The molecule has 1 aromatic heterocycles. The summed E-state index contributed by atoms with van der Waals surface area (Å²) in [5.74, 6) is -1.40. The van der Waals surface area contributed by atoms with Gasteiger partial charge in [0.05, 0.1) is 27.8 Å². The Bertz CT molecular complexity index is 1110. The van der Waals surface area contributed by atoms with Crippen molar-refractivity contribution in [1.29, 1.82) is 0 Å². The average Bonchev–Trinajstić information content (AvgIpc) is 3.23. The number of rotatable bonds is 9. The molecule has 3 atom stereocenters. The van der Waals surface area contributed by atoms with Crippen molar-refractivity contribution in [2.24, 2.45) is 4.99 Å². The van der Waals surface area contributed by atoms with Crippen LogP contribution in [0.4, 0.5) is 19.0 Å². The fraction of sp³-hybridized carbons (Fsp3) is 0.654. The minimum Gasteiger partial charge on any atom is -0.388 e. The highest BCUT2D eigenvalue weighted by atomic mass is 32.1. The van der Waals surface area contributed by atoms with Gasteiger partial charge < -0.3 is 25.7 Å². The lowest BCUT2D eigenvalue weighted by Gasteiger charge is -2.27. The van der Waals surface area contributed by atoms with E-state index in [0.29, 0.717) is 19.4 Å². The van der Waals surface area contributed by atoms with Gasteiger partial charge in [0.25, 0.3) is 11.8 Å². The second-order valence-corrected chi connectivity index (χ2v) is 11.8. The van der Waals surface area contributed by atoms with Crippen LogP contribution in [0.25, 0.3) is 0 Å². The van der Waals surface area contributed by atoms with Crippen LogP contribution in [-0.2, 0) is 15.8 Å². The first-order chi connectivity index (χ1) is 17.7. The third-order valence-corrected chi connectivity index (χ3v) is 6.66. The van der Waals surface area contributed by atoms with E-state index < -0.39 is 57.3 Å². The Labute approximate surface area is 232 Å². The van der Waals surface area contributed by atoms with Gasteiger partial charge in [0.2, 0.25) is 0 Å². The lowest BCUT2D eigenvalue weighted by Crippen LogP contribution is -2.47. The number of aromatic nitrogens is 1. The van der Waals surface area contributed by atoms with E-state index in [1.165, 1.54) is 25.7 Å². The van der Waals surface area contributed by atoms with Gasteiger partial charge in [-0.25, -0.2) is 4.98 Å². The molecule has 13 heteroatoms. The summed E-state index contributed by atoms with van der Waals surface area (Å²) in [6, 6.07) is -0.920. The summed E-state index contributed by atoms with van der Waals surface area (Å²) in [5.41, 5.74) is -3.82. The van der Waals surface area contributed by atoms with Crippen molar-refractivity contribution in [3.05, 3.63) is 23.4 Å². The van der Waals surface area contributed by atoms with Crippen LogP contribution in [-0.4, -0.2) is 84.9 Å². The van der Waals surface area contributed by atoms with Crippen LogP contribution >= 0.6 is 12.2 Å². The summed E-state index contributed by atoms with van der Waals surface area (Å²) in [6.45, 7) is 11.2. The van der Waals surface area contributed by atoms with Crippen LogP contribution in [0.3, 0.4) is 0 Å². The van der Waals surface area contributed by atoms with Gasteiger partial charge in [-0.1, -0.05) is 12.2 Å². The van der Waals surface area contributed by atoms with Gasteiger partial charge >= 0.3 is 6.18 Å². The van der Waals surface area contributed by atoms with E-state index in [1.54, 1.807) is 20.8 Å². The van der Waals surface area contributed by atoms with Crippen LogP contribution < -0.4 is 10.6 Å². The number of anilines is 1. The van der Waals surface area contributed by atoms with Crippen molar-refractivity contribution >= 4 is 40.4 Å². The summed E-state index contributed by atoms with van der Waals surface area (Å²) in [4.78, 5) is 35.6. The second-order valence-electron chi connectivity index (χ2n) is 11.4. The highest BCUT2D eigenvalue weighted by Gasteiger charge is 2.40. The Kier molecular flexibility index (Phi) is 10.2. The van der Waals surface area contributed by atoms with E-state index >= 15 is 0 Å². The first-order valence-electron chi connectivity index (χ1n) is 12.7. The SMILES string of the molecule is C/C(=N\C(C(=O)N1CCC[C@@H]1C)C(=S)c1cnc(NC(C)(C)C)cc1C(F)(F)F)C(=O)NC[C@H](O)C(C)(C)O. The molecule has 0 radical (unpaired) electrons. The molecule has 1 fully saturated rings. The summed E-state index contributed by atoms with van der Waals surface area (Å²) < 4.78 is 42.5. The number of hydrogen-bond donors (Lipinski definition) is 4. The molecule has 218 valence electrons. The number of carbonyl (C=O) groups is 2. The van der Waals surface area contributed by atoms with E-state index in [4.69, 9.17) is 12.2 Å². The van der Waals surface area contributed by atoms with Gasteiger partial charge in [-0.15, -0.1) is 0 Å². The van der Waals surface area contributed by atoms with Crippen LogP contribution in [0.5, 0.6) is 0 Å². The Morgan fingerprint density at radius 3 is 2.36 bits per heavy atom. The maximum atomic E-state index is 14.2. The van der Waals surface area contributed by atoms with Gasteiger partial charge in [-0.3, -0.25) is 14.6 Å². The normalized spacial score (nSPS) is 18.5. The number of thiocarbonyl (C=S) groups is 1. The fourth-order valence-electron chi connectivity index (χ4n) is 3.95. The molecule has 4 N–H and O–H groups in total. The number of aliphatic hydroxyl groups is 2. The van der Waals surface area contributed by atoms with Crippen molar-refractivity contribution in [3.8, 4) is 0 Å². The van der Waals surface area contributed by atoms with Crippen molar-refractivity contribution in [2.75, 3.05) is 18.4 Å². The van der Waals surface area contributed by atoms with E-state index in [9.17, 15) is 33.0 Å². The smallest absolute Gasteiger partial charge is 0.388 e. The van der Waals surface area contributed by atoms with Gasteiger partial charge in [-0.2, -0.15) is 13.2 Å². The zero-order valence-electron chi connectivity index (χ0n) is 23.3. The molecular formula is C26H38F3N5O4S. The molecule has 2 heterocycles. The molecule has 2 amide bonds. The van der Waals surface area contributed by atoms with Crippen LogP contribution in [0.2, 0.25) is 0 Å². The highest BCUT2D eigenvalue weighted by molar-refractivity contribution is 7.81. The second kappa shape index (κ2) is 12.3. The van der Waals surface area contributed by atoms with Gasteiger partial charge in [-0.05, 0) is 67.4 Å². The maximum absolute atomic E-state index is 14.2. The van der Waals surface area contributed by atoms with Crippen molar-refractivity contribution in [2.45, 2.75) is 96.8 Å². The summed E-state index contributed by atoms with van der Waals surface area (Å²) in [7, 11) is 0. The Balaban J connectivity index is 2.51. The molecule has 0 saturated carbocycles. The molecule has 0 aliphatic carbocycles. The van der Waals surface area contributed by atoms with Gasteiger partial charge in [0, 0.05) is 36.4 Å². The van der Waals surface area contributed by atoms with Gasteiger partial charge in [0.1, 0.15) is 5.82 Å². The van der Waals surface area contributed by atoms with Gasteiger partial charge in [0.15, 0.2) is 6.04 Å². The molecule has 9 nitrogen and oxygen atoms in total. The monoisotopic (exact) mass is 573 g/mol. The number of nitrogens with one attached hydrogen (secondary N) is 2. The Morgan fingerprint density at radius 2 is 1.87 bits per heavy atom. The lowest BCUT2D eigenvalue weighted by molar-refractivity contribution is -0.138. The maximum Gasteiger partial charge on any atom is 0.417 e. The molecule has 1 saturated heterocycles.